The third kappa shape index (κ3) is 4.05. The molecule has 0 bridgehead atoms. The Morgan fingerprint density at radius 1 is 0.895 bits per heavy atom. The summed E-state index contributed by atoms with van der Waals surface area (Å²) >= 11 is 0. The summed E-state index contributed by atoms with van der Waals surface area (Å²) in [7, 11) is -3.44. The van der Waals surface area contributed by atoms with Crippen LogP contribution in [0.1, 0.15) is 6.92 Å². The van der Waals surface area contributed by atoms with Crippen LogP contribution in [-0.4, -0.2) is 35.7 Å². The molecule has 0 unspecified atom stereocenters. The van der Waals surface area contributed by atoms with Crippen molar-refractivity contribution >= 4 is 32.1 Å². The minimum Gasteiger partial charge on any atom is -0.493 e. The van der Waals surface area contributed by atoms with Gasteiger partial charge in [0.1, 0.15) is 5.50 Å². The molecule has 0 N–H and O–H groups in total. The second-order valence-electron chi connectivity index (χ2n) is 8.84. The SMILES string of the molecule is CCOC1=C([Si](C)(C)C)[P@]1C([Si](C)(C)C)[Si](C)(C)C. The van der Waals surface area contributed by atoms with Crippen molar-refractivity contribution in [2.45, 2.75) is 70.8 Å². The quantitative estimate of drug-likeness (QED) is 0.448. The fourth-order valence-electron chi connectivity index (χ4n) is 3.44. The summed E-state index contributed by atoms with van der Waals surface area (Å²) in [5.41, 5.74) is 1.48. The Morgan fingerprint density at radius 2 is 1.32 bits per heavy atom. The molecule has 5 heteroatoms. The summed E-state index contributed by atoms with van der Waals surface area (Å²) in [6, 6.07) is 0. The molecule has 19 heavy (non-hydrogen) atoms. The van der Waals surface area contributed by atoms with E-state index < -0.39 is 24.2 Å². The van der Waals surface area contributed by atoms with Gasteiger partial charge in [-0.25, -0.2) is 0 Å². The number of hydrogen-bond acceptors (Lipinski definition) is 1. The van der Waals surface area contributed by atoms with E-state index in [2.05, 4.69) is 65.8 Å². The molecule has 0 spiro atoms. The van der Waals surface area contributed by atoms with Gasteiger partial charge in [0, 0.05) is 0 Å². The van der Waals surface area contributed by atoms with Crippen LogP contribution in [0.25, 0.3) is 0 Å². The predicted molar refractivity (Wildman–Crippen MR) is 99.4 cm³/mol. The van der Waals surface area contributed by atoms with Crippen LogP contribution in [0.4, 0.5) is 0 Å². The molecule has 1 rings (SSSR count). The van der Waals surface area contributed by atoms with Gasteiger partial charge in [0.05, 0.1) is 30.8 Å². The van der Waals surface area contributed by atoms with E-state index >= 15 is 0 Å². The highest BCUT2D eigenvalue weighted by Gasteiger charge is 2.56. The first kappa shape index (κ1) is 17.7. The summed E-state index contributed by atoms with van der Waals surface area (Å²) in [4.78, 5) is 2.82. The minimum absolute atomic E-state index is 0.0145. The van der Waals surface area contributed by atoms with E-state index in [1.165, 1.54) is 5.50 Å². The van der Waals surface area contributed by atoms with E-state index in [9.17, 15) is 0 Å². The molecule has 1 heterocycles. The average molecular weight is 333 g/mol. The Hall–Kier alpha value is 0.621. The van der Waals surface area contributed by atoms with Crippen molar-refractivity contribution in [3.8, 4) is 0 Å². The fourth-order valence-corrected chi connectivity index (χ4v) is 29.1. The van der Waals surface area contributed by atoms with Crippen LogP contribution in [0.5, 0.6) is 0 Å². The monoisotopic (exact) mass is 332 g/mol. The van der Waals surface area contributed by atoms with Crippen molar-refractivity contribution in [2.75, 3.05) is 6.61 Å². The second kappa shape index (κ2) is 5.43. The lowest BCUT2D eigenvalue weighted by Crippen LogP contribution is -2.51. The van der Waals surface area contributed by atoms with Crippen LogP contribution in [-0.2, 0) is 4.74 Å². The zero-order valence-corrected chi connectivity index (χ0v) is 18.5. The molecule has 1 aliphatic rings. The van der Waals surface area contributed by atoms with Crippen LogP contribution in [0.15, 0.2) is 10.4 Å². The molecule has 0 aliphatic carbocycles. The van der Waals surface area contributed by atoms with Crippen LogP contribution < -0.4 is 0 Å². The van der Waals surface area contributed by atoms with Gasteiger partial charge < -0.3 is 4.74 Å². The maximum atomic E-state index is 6.06. The van der Waals surface area contributed by atoms with Gasteiger partial charge in [-0.2, -0.15) is 0 Å². The Morgan fingerprint density at radius 3 is 1.58 bits per heavy atom. The van der Waals surface area contributed by atoms with E-state index in [4.69, 9.17) is 4.74 Å². The Labute approximate surface area is 125 Å². The van der Waals surface area contributed by atoms with Crippen molar-refractivity contribution in [3.05, 3.63) is 10.4 Å². The molecule has 0 amide bonds. The summed E-state index contributed by atoms with van der Waals surface area (Å²) in [6.07, 6.45) is 0. The molecular formula is C14H33OPSi3. The number of rotatable bonds is 6. The lowest BCUT2D eigenvalue weighted by atomic mass is 10.9. The molecule has 1 aliphatic heterocycles. The highest BCUT2D eigenvalue weighted by Crippen LogP contribution is 2.77. The van der Waals surface area contributed by atoms with E-state index in [-0.39, 0.29) is 7.92 Å². The normalized spacial score (nSPS) is 21.1. The molecule has 0 aromatic rings. The highest BCUT2D eigenvalue weighted by molar-refractivity contribution is 7.82. The first-order valence-electron chi connectivity index (χ1n) is 7.48. The van der Waals surface area contributed by atoms with Gasteiger partial charge in [-0.1, -0.05) is 58.9 Å². The summed E-state index contributed by atoms with van der Waals surface area (Å²) in [6.45, 7) is 25.9. The standard InChI is InChI=1S/C14H33OPSi3/c1-11-15-12-13(17(2,3)4)16(12)14(18(5,6)7)19(8,9)10/h14H,11H2,1-10H3/t16-/m1/s1. The largest absolute Gasteiger partial charge is 0.493 e. The van der Waals surface area contributed by atoms with E-state index in [1.807, 2.05) is 4.94 Å². The molecule has 1 atom stereocenters. The third-order valence-corrected chi connectivity index (χ3v) is 24.5. The van der Waals surface area contributed by atoms with Crippen molar-refractivity contribution < 1.29 is 4.74 Å². The van der Waals surface area contributed by atoms with Crippen molar-refractivity contribution in [1.82, 2.24) is 0 Å². The van der Waals surface area contributed by atoms with Gasteiger partial charge in [-0.3, -0.25) is 0 Å². The van der Waals surface area contributed by atoms with Crippen molar-refractivity contribution in [3.63, 3.8) is 0 Å². The van der Waals surface area contributed by atoms with Crippen LogP contribution in [0.3, 0.4) is 0 Å². The zero-order chi connectivity index (χ0) is 15.2. The summed E-state index contributed by atoms with van der Waals surface area (Å²) in [5, 5.41) is 0. The lowest BCUT2D eigenvalue weighted by molar-refractivity contribution is 0.262. The lowest BCUT2D eigenvalue weighted by Gasteiger charge is -2.39. The van der Waals surface area contributed by atoms with E-state index in [1.54, 1.807) is 0 Å². The van der Waals surface area contributed by atoms with E-state index in [0.717, 1.165) is 11.5 Å². The molecule has 0 aromatic heterocycles. The Bertz CT molecular complexity index is 358. The topological polar surface area (TPSA) is 9.23 Å². The van der Waals surface area contributed by atoms with Crippen LogP contribution in [0, 0.1) is 0 Å². The van der Waals surface area contributed by atoms with Gasteiger partial charge in [0.2, 0.25) is 0 Å². The van der Waals surface area contributed by atoms with Gasteiger partial charge in [-0.05, 0) is 24.7 Å². The van der Waals surface area contributed by atoms with Crippen LogP contribution >= 0.6 is 7.92 Å². The maximum absolute atomic E-state index is 6.06. The van der Waals surface area contributed by atoms with Gasteiger partial charge in [0.15, 0.2) is 0 Å². The molecule has 1 nitrogen and oxygen atoms in total. The van der Waals surface area contributed by atoms with Gasteiger partial charge in [0.25, 0.3) is 0 Å². The zero-order valence-electron chi connectivity index (χ0n) is 14.6. The molecular weight excluding hydrogens is 299 g/mol. The molecule has 0 radical (unpaired) electrons. The van der Waals surface area contributed by atoms with Crippen molar-refractivity contribution in [2.24, 2.45) is 0 Å². The average Bonchev–Trinajstić information content (AvgIpc) is 2.72. The highest BCUT2D eigenvalue weighted by atomic mass is 31.1. The maximum Gasteiger partial charge on any atom is 0.121 e. The number of ether oxygens (including phenoxy) is 1. The minimum atomic E-state index is -1.18. The fraction of sp³-hybridized carbons (Fsp3) is 0.857. The Kier molecular flexibility index (Phi) is 5.05. The molecule has 112 valence electrons. The molecule has 0 saturated heterocycles. The Balaban J connectivity index is 3.09. The molecule has 0 saturated carbocycles. The van der Waals surface area contributed by atoms with Crippen molar-refractivity contribution in [1.29, 1.82) is 0 Å². The molecule has 0 fully saturated rings. The van der Waals surface area contributed by atoms with E-state index in [0.29, 0.717) is 0 Å². The van der Waals surface area contributed by atoms with Gasteiger partial charge in [-0.15, -0.1) is 0 Å². The molecule has 0 aromatic carbocycles. The van der Waals surface area contributed by atoms with Gasteiger partial charge >= 0.3 is 0 Å². The number of hydrogen-bond donors (Lipinski definition) is 0. The summed E-state index contributed by atoms with van der Waals surface area (Å²) in [5.74, 6) is 0. The third-order valence-electron chi connectivity index (χ3n) is 3.50. The smallest absolute Gasteiger partial charge is 0.121 e. The second-order valence-corrected chi connectivity index (χ2v) is 28.5. The van der Waals surface area contributed by atoms with Crippen LogP contribution in [0.2, 0.25) is 58.9 Å². The first-order valence-corrected chi connectivity index (χ1v) is 19.5. The summed E-state index contributed by atoms with van der Waals surface area (Å²) < 4.78 is 6.06. The first-order chi connectivity index (χ1) is 8.31. The predicted octanol–water partition coefficient (Wildman–Crippen LogP) is 5.69.